The highest BCUT2D eigenvalue weighted by Gasteiger charge is 2.23. The zero-order valence-corrected chi connectivity index (χ0v) is 10.8. The number of methoxy groups -OCH3 is 1. The van der Waals surface area contributed by atoms with Gasteiger partial charge in [-0.25, -0.2) is 0 Å². The van der Waals surface area contributed by atoms with Crippen LogP contribution in [0.15, 0.2) is 18.2 Å². The largest absolute Gasteiger partial charge is 0.495 e. The highest BCUT2D eigenvalue weighted by Crippen LogP contribution is 2.30. The molecule has 0 radical (unpaired) electrons. The minimum Gasteiger partial charge on any atom is -0.495 e. The molecule has 1 saturated heterocycles. The van der Waals surface area contributed by atoms with E-state index in [0.717, 1.165) is 25.3 Å². The quantitative estimate of drug-likeness (QED) is 0.886. The molecule has 0 amide bonds. The van der Waals surface area contributed by atoms with Crippen LogP contribution in [0.5, 0.6) is 5.75 Å². The molecule has 0 spiro atoms. The van der Waals surface area contributed by atoms with Gasteiger partial charge in [-0.1, -0.05) is 6.07 Å². The maximum absolute atomic E-state index is 9.15. The van der Waals surface area contributed by atoms with E-state index in [4.69, 9.17) is 14.7 Å². The molecule has 1 fully saturated rings. The molecule has 1 aliphatic heterocycles. The summed E-state index contributed by atoms with van der Waals surface area (Å²) in [5.41, 5.74) is 1.39. The SMILES string of the molecule is COc1cccc(C#N)c1NC(C)C1CCOC1. The molecule has 4 nitrogen and oxygen atoms in total. The number of hydrogen-bond donors (Lipinski definition) is 1. The second-order valence-electron chi connectivity index (χ2n) is 4.55. The number of para-hydroxylation sites is 1. The van der Waals surface area contributed by atoms with Gasteiger partial charge >= 0.3 is 0 Å². The van der Waals surface area contributed by atoms with Gasteiger partial charge in [-0.05, 0) is 25.5 Å². The molecular formula is C14H18N2O2. The zero-order chi connectivity index (χ0) is 13.0. The van der Waals surface area contributed by atoms with Crippen LogP contribution in [0.25, 0.3) is 0 Å². The smallest absolute Gasteiger partial charge is 0.143 e. The Morgan fingerprint density at radius 3 is 3.00 bits per heavy atom. The first-order valence-corrected chi connectivity index (χ1v) is 6.17. The van der Waals surface area contributed by atoms with Crippen LogP contribution in [-0.4, -0.2) is 26.4 Å². The Kier molecular flexibility index (Phi) is 4.06. The third kappa shape index (κ3) is 2.57. The lowest BCUT2D eigenvalue weighted by molar-refractivity contribution is 0.183. The van der Waals surface area contributed by atoms with E-state index >= 15 is 0 Å². The highest BCUT2D eigenvalue weighted by molar-refractivity contribution is 5.66. The fourth-order valence-electron chi connectivity index (χ4n) is 2.24. The molecule has 0 aliphatic carbocycles. The first kappa shape index (κ1) is 12.7. The first-order chi connectivity index (χ1) is 8.76. The van der Waals surface area contributed by atoms with Gasteiger partial charge < -0.3 is 14.8 Å². The predicted molar refractivity (Wildman–Crippen MR) is 69.7 cm³/mol. The van der Waals surface area contributed by atoms with Gasteiger partial charge in [0.2, 0.25) is 0 Å². The molecule has 1 aliphatic rings. The molecular weight excluding hydrogens is 228 g/mol. The lowest BCUT2D eigenvalue weighted by atomic mass is 10.00. The van der Waals surface area contributed by atoms with Crippen LogP contribution in [0.3, 0.4) is 0 Å². The van der Waals surface area contributed by atoms with Crippen molar-refractivity contribution in [2.75, 3.05) is 25.6 Å². The van der Waals surface area contributed by atoms with Gasteiger partial charge in [-0.2, -0.15) is 5.26 Å². The van der Waals surface area contributed by atoms with Crippen LogP contribution in [0.4, 0.5) is 5.69 Å². The monoisotopic (exact) mass is 246 g/mol. The van der Waals surface area contributed by atoms with Crippen molar-refractivity contribution in [2.45, 2.75) is 19.4 Å². The average Bonchev–Trinajstić information content (AvgIpc) is 2.93. The van der Waals surface area contributed by atoms with Crippen molar-refractivity contribution in [1.29, 1.82) is 5.26 Å². The maximum Gasteiger partial charge on any atom is 0.143 e. The molecule has 1 aromatic rings. The van der Waals surface area contributed by atoms with E-state index in [0.29, 0.717) is 17.2 Å². The van der Waals surface area contributed by atoms with Crippen LogP contribution < -0.4 is 10.1 Å². The summed E-state index contributed by atoms with van der Waals surface area (Å²) >= 11 is 0. The molecule has 0 aromatic heterocycles. The van der Waals surface area contributed by atoms with E-state index in [1.165, 1.54) is 0 Å². The van der Waals surface area contributed by atoms with Crippen molar-refractivity contribution in [3.8, 4) is 11.8 Å². The van der Waals surface area contributed by atoms with Crippen LogP contribution in [-0.2, 0) is 4.74 Å². The summed E-state index contributed by atoms with van der Waals surface area (Å²) in [6, 6.07) is 7.93. The molecule has 1 aromatic carbocycles. The molecule has 2 rings (SSSR count). The summed E-state index contributed by atoms with van der Waals surface area (Å²) in [5, 5.41) is 12.5. The summed E-state index contributed by atoms with van der Waals surface area (Å²) in [6.07, 6.45) is 1.06. The van der Waals surface area contributed by atoms with Gasteiger partial charge in [0, 0.05) is 18.6 Å². The van der Waals surface area contributed by atoms with Crippen LogP contribution in [0.2, 0.25) is 0 Å². The van der Waals surface area contributed by atoms with E-state index in [-0.39, 0.29) is 6.04 Å². The predicted octanol–water partition coefficient (Wildman–Crippen LogP) is 2.40. The van der Waals surface area contributed by atoms with Gasteiger partial charge in [0.15, 0.2) is 0 Å². The molecule has 4 heteroatoms. The highest BCUT2D eigenvalue weighted by atomic mass is 16.5. The zero-order valence-electron chi connectivity index (χ0n) is 10.8. The van der Waals surface area contributed by atoms with Crippen molar-refractivity contribution in [3.63, 3.8) is 0 Å². The topological polar surface area (TPSA) is 54.3 Å². The van der Waals surface area contributed by atoms with E-state index in [2.05, 4.69) is 18.3 Å². The number of nitrogens with one attached hydrogen (secondary N) is 1. The molecule has 96 valence electrons. The van der Waals surface area contributed by atoms with E-state index in [1.54, 1.807) is 13.2 Å². The van der Waals surface area contributed by atoms with Gasteiger partial charge in [-0.15, -0.1) is 0 Å². The number of hydrogen-bond acceptors (Lipinski definition) is 4. The second-order valence-corrected chi connectivity index (χ2v) is 4.55. The fraction of sp³-hybridized carbons (Fsp3) is 0.500. The second kappa shape index (κ2) is 5.74. The lowest BCUT2D eigenvalue weighted by Crippen LogP contribution is -2.26. The van der Waals surface area contributed by atoms with Crippen molar-refractivity contribution in [3.05, 3.63) is 23.8 Å². The standard InChI is InChI=1S/C14H18N2O2/c1-10(12-6-7-18-9-12)16-14-11(8-15)4-3-5-13(14)17-2/h3-5,10,12,16H,6-7,9H2,1-2H3. The number of rotatable bonds is 4. The van der Waals surface area contributed by atoms with Gasteiger partial charge in [0.1, 0.15) is 11.8 Å². The Balaban J connectivity index is 2.19. The first-order valence-electron chi connectivity index (χ1n) is 6.17. The Labute approximate surface area is 108 Å². The normalized spacial score (nSPS) is 20.2. The van der Waals surface area contributed by atoms with Crippen molar-refractivity contribution < 1.29 is 9.47 Å². The minimum atomic E-state index is 0.260. The third-order valence-electron chi connectivity index (χ3n) is 3.41. The van der Waals surface area contributed by atoms with Gasteiger partial charge in [0.25, 0.3) is 0 Å². The Bertz CT molecular complexity index is 448. The van der Waals surface area contributed by atoms with E-state index in [9.17, 15) is 0 Å². The van der Waals surface area contributed by atoms with Crippen LogP contribution >= 0.6 is 0 Å². The lowest BCUT2D eigenvalue weighted by Gasteiger charge is -2.22. The fourth-order valence-corrected chi connectivity index (χ4v) is 2.24. The number of nitriles is 1. The molecule has 0 saturated carbocycles. The summed E-state index contributed by atoms with van der Waals surface area (Å²) in [6.45, 7) is 3.73. The molecule has 2 unspecified atom stereocenters. The third-order valence-corrected chi connectivity index (χ3v) is 3.41. The number of anilines is 1. The van der Waals surface area contributed by atoms with Crippen molar-refractivity contribution >= 4 is 5.69 Å². The summed E-state index contributed by atoms with van der Waals surface area (Å²) in [7, 11) is 1.62. The molecule has 1 N–H and O–H groups in total. The summed E-state index contributed by atoms with van der Waals surface area (Å²) < 4.78 is 10.7. The van der Waals surface area contributed by atoms with E-state index in [1.807, 2.05) is 12.1 Å². The van der Waals surface area contributed by atoms with Crippen molar-refractivity contribution in [2.24, 2.45) is 5.92 Å². The average molecular weight is 246 g/mol. The van der Waals surface area contributed by atoms with Crippen molar-refractivity contribution in [1.82, 2.24) is 0 Å². The molecule has 1 heterocycles. The molecule has 2 atom stereocenters. The number of benzene rings is 1. The minimum absolute atomic E-state index is 0.260. The Morgan fingerprint density at radius 2 is 2.39 bits per heavy atom. The van der Waals surface area contributed by atoms with E-state index < -0.39 is 0 Å². The van der Waals surface area contributed by atoms with Crippen LogP contribution in [0, 0.1) is 17.2 Å². The molecule has 18 heavy (non-hydrogen) atoms. The summed E-state index contributed by atoms with van der Waals surface area (Å²) in [4.78, 5) is 0. The number of nitrogens with zero attached hydrogens (tertiary/aromatic N) is 1. The van der Waals surface area contributed by atoms with Gasteiger partial charge in [0.05, 0.1) is 25.0 Å². The van der Waals surface area contributed by atoms with Gasteiger partial charge in [-0.3, -0.25) is 0 Å². The van der Waals surface area contributed by atoms with Crippen LogP contribution in [0.1, 0.15) is 18.9 Å². The Morgan fingerprint density at radius 1 is 1.56 bits per heavy atom. The molecule has 0 bridgehead atoms. The number of ether oxygens (including phenoxy) is 2. The Hall–Kier alpha value is -1.73. The maximum atomic E-state index is 9.15. The summed E-state index contributed by atoms with van der Waals surface area (Å²) in [5.74, 6) is 1.20.